The highest BCUT2D eigenvalue weighted by atomic mass is 35.5. The number of non-ortho nitro benzene ring substituents is 1. The molecule has 0 saturated carbocycles. The van der Waals surface area contributed by atoms with E-state index >= 15 is 0 Å². The zero-order valence-electron chi connectivity index (χ0n) is 11.6. The number of amides is 3. The van der Waals surface area contributed by atoms with Crippen molar-refractivity contribution in [3.63, 3.8) is 0 Å². The summed E-state index contributed by atoms with van der Waals surface area (Å²) in [5.41, 5.74) is 5.59. The topological polar surface area (TPSA) is 127 Å². The summed E-state index contributed by atoms with van der Waals surface area (Å²) in [6, 6.07) is 9.17. The standard InChI is InChI=1S/C14H11ClN4O4/c15-10-7-8(19(22)23)5-6-12(10)18-14(21)17-11-4-2-1-3-9(11)13(16)20/h1-7H,(H2,16,20)(H2,17,18,21). The number of nitrogens with one attached hydrogen (secondary N) is 2. The first kappa shape index (κ1) is 16.2. The normalized spacial score (nSPS) is 9.96. The SMILES string of the molecule is NC(=O)c1ccccc1NC(=O)Nc1ccc([N+](=O)[O-])cc1Cl. The summed E-state index contributed by atoms with van der Waals surface area (Å²) in [5, 5.41) is 15.5. The number of nitro groups is 1. The van der Waals surface area contributed by atoms with Gasteiger partial charge in [0.25, 0.3) is 11.6 Å². The number of benzene rings is 2. The third-order valence-electron chi connectivity index (χ3n) is 2.85. The maximum atomic E-state index is 12.0. The summed E-state index contributed by atoms with van der Waals surface area (Å²) in [5.74, 6) is -0.686. The first-order valence-electron chi connectivity index (χ1n) is 6.29. The lowest BCUT2D eigenvalue weighted by Gasteiger charge is -2.11. The zero-order valence-corrected chi connectivity index (χ0v) is 12.3. The van der Waals surface area contributed by atoms with Crippen LogP contribution < -0.4 is 16.4 Å². The fraction of sp³-hybridized carbons (Fsp3) is 0. The Morgan fingerprint density at radius 1 is 1.09 bits per heavy atom. The van der Waals surface area contributed by atoms with Gasteiger partial charge in [0.2, 0.25) is 0 Å². The molecule has 0 radical (unpaired) electrons. The largest absolute Gasteiger partial charge is 0.366 e. The minimum atomic E-state index is -0.686. The highest BCUT2D eigenvalue weighted by Crippen LogP contribution is 2.26. The van der Waals surface area contributed by atoms with Gasteiger partial charge in [0.1, 0.15) is 0 Å². The summed E-state index contributed by atoms with van der Waals surface area (Å²) in [4.78, 5) is 33.3. The van der Waals surface area contributed by atoms with Gasteiger partial charge < -0.3 is 16.4 Å². The Bertz CT molecular complexity index is 794. The van der Waals surface area contributed by atoms with E-state index in [1.54, 1.807) is 12.1 Å². The molecule has 0 fully saturated rings. The van der Waals surface area contributed by atoms with Gasteiger partial charge in [0.15, 0.2) is 0 Å². The molecule has 2 rings (SSSR count). The molecule has 2 aromatic rings. The van der Waals surface area contributed by atoms with E-state index in [2.05, 4.69) is 10.6 Å². The molecule has 0 aromatic heterocycles. The van der Waals surface area contributed by atoms with Gasteiger partial charge in [-0.05, 0) is 18.2 Å². The molecule has 0 heterocycles. The molecule has 4 N–H and O–H groups in total. The molecule has 9 heteroatoms. The molecule has 2 aromatic carbocycles. The molecule has 0 spiro atoms. The lowest BCUT2D eigenvalue weighted by Crippen LogP contribution is -2.22. The fourth-order valence-corrected chi connectivity index (χ4v) is 2.02. The third kappa shape index (κ3) is 3.95. The number of para-hydroxylation sites is 1. The monoisotopic (exact) mass is 334 g/mol. The molecule has 0 aliphatic heterocycles. The Labute approximate surface area is 135 Å². The number of carbonyl (C=O) groups is 2. The van der Waals surface area contributed by atoms with Crippen LogP contribution in [-0.4, -0.2) is 16.9 Å². The van der Waals surface area contributed by atoms with Crippen LogP contribution in [0, 0.1) is 10.1 Å². The van der Waals surface area contributed by atoms with E-state index in [-0.39, 0.29) is 27.6 Å². The number of nitrogens with two attached hydrogens (primary N) is 1. The second-order valence-corrected chi connectivity index (χ2v) is 4.82. The Balaban J connectivity index is 2.15. The van der Waals surface area contributed by atoms with Crippen LogP contribution in [0.15, 0.2) is 42.5 Å². The molecule has 0 aliphatic rings. The summed E-state index contributed by atoms with van der Waals surface area (Å²) in [6.07, 6.45) is 0. The van der Waals surface area contributed by atoms with Crippen LogP contribution in [0.4, 0.5) is 21.9 Å². The highest BCUT2D eigenvalue weighted by Gasteiger charge is 2.13. The van der Waals surface area contributed by atoms with Crippen LogP contribution in [0.1, 0.15) is 10.4 Å². The van der Waals surface area contributed by atoms with Crippen LogP contribution in [0.25, 0.3) is 0 Å². The summed E-state index contributed by atoms with van der Waals surface area (Å²) in [7, 11) is 0. The van der Waals surface area contributed by atoms with E-state index < -0.39 is 16.9 Å². The average molecular weight is 335 g/mol. The van der Waals surface area contributed by atoms with E-state index in [1.165, 1.54) is 24.3 Å². The molecule has 0 atom stereocenters. The van der Waals surface area contributed by atoms with Crippen molar-refractivity contribution in [3.05, 3.63) is 63.2 Å². The number of hydrogen-bond donors (Lipinski definition) is 3. The van der Waals surface area contributed by atoms with Gasteiger partial charge in [-0.3, -0.25) is 14.9 Å². The molecular weight excluding hydrogens is 324 g/mol. The zero-order chi connectivity index (χ0) is 17.0. The first-order valence-corrected chi connectivity index (χ1v) is 6.67. The Kier molecular flexibility index (Phi) is 4.77. The van der Waals surface area contributed by atoms with Crippen LogP contribution in [0.5, 0.6) is 0 Å². The van der Waals surface area contributed by atoms with Crippen LogP contribution in [0.3, 0.4) is 0 Å². The number of nitrogens with zero attached hydrogens (tertiary/aromatic N) is 1. The third-order valence-corrected chi connectivity index (χ3v) is 3.17. The predicted octanol–water partition coefficient (Wildman–Crippen LogP) is 2.99. The van der Waals surface area contributed by atoms with Gasteiger partial charge in [-0.2, -0.15) is 0 Å². The molecule has 0 aliphatic carbocycles. The van der Waals surface area contributed by atoms with Gasteiger partial charge in [-0.1, -0.05) is 23.7 Å². The van der Waals surface area contributed by atoms with E-state index in [0.717, 1.165) is 6.07 Å². The number of anilines is 2. The number of rotatable bonds is 4. The van der Waals surface area contributed by atoms with Crippen LogP contribution in [-0.2, 0) is 0 Å². The molecule has 3 amide bonds. The van der Waals surface area contributed by atoms with Crippen molar-refractivity contribution in [2.45, 2.75) is 0 Å². The molecular formula is C14H11ClN4O4. The van der Waals surface area contributed by atoms with Crippen molar-refractivity contribution < 1.29 is 14.5 Å². The van der Waals surface area contributed by atoms with Gasteiger partial charge in [0, 0.05) is 12.1 Å². The highest BCUT2D eigenvalue weighted by molar-refractivity contribution is 6.34. The van der Waals surface area contributed by atoms with Gasteiger partial charge >= 0.3 is 6.03 Å². The van der Waals surface area contributed by atoms with E-state index in [4.69, 9.17) is 17.3 Å². The van der Waals surface area contributed by atoms with Crippen molar-refractivity contribution in [2.75, 3.05) is 10.6 Å². The Hall–Kier alpha value is -3.13. The molecule has 118 valence electrons. The molecule has 0 saturated heterocycles. The average Bonchev–Trinajstić information content (AvgIpc) is 2.49. The van der Waals surface area contributed by atoms with Gasteiger partial charge in [-0.25, -0.2) is 4.79 Å². The summed E-state index contributed by atoms with van der Waals surface area (Å²) in [6.45, 7) is 0. The van der Waals surface area contributed by atoms with Crippen molar-refractivity contribution in [1.29, 1.82) is 0 Å². The lowest BCUT2D eigenvalue weighted by atomic mass is 10.1. The second kappa shape index (κ2) is 6.75. The smallest absolute Gasteiger partial charge is 0.323 e. The first-order chi connectivity index (χ1) is 10.9. The van der Waals surface area contributed by atoms with Crippen molar-refractivity contribution in [2.24, 2.45) is 5.73 Å². The number of primary amides is 1. The fourth-order valence-electron chi connectivity index (χ4n) is 1.80. The number of nitro benzene ring substituents is 1. The summed E-state index contributed by atoms with van der Waals surface area (Å²) < 4.78 is 0. The van der Waals surface area contributed by atoms with E-state index in [0.29, 0.717) is 0 Å². The second-order valence-electron chi connectivity index (χ2n) is 4.41. The maximum absolute atomic E-state index is 12.0. The van der Waals surface area contributed by atoms with Crippen LogP contribution >= 0.6 is 11.6 Å². The molecule has 0 bridgehead atoms. The lowest BCUT2D eigenvalue weighted by molar-refractivity contribution is -0.384. The van der Waals surface area contributed by atoms with Crippen molar-refractivity contribution in [1.82, 2.24) is 0 Å². The number of carbonyl (C=O) groups excluding carboxylic acids is 2. The molecule has 0 unspecified atom stereocenters. The van der Waals surface area contributed by atoms with E-state index in [1.807, 2.05) is 0 Å². The van der Waals surface area contributed by atoms with E-state index in [9.17, 15) is 19.7 Å². The number of urea groups is 1. The molecule has 8 nitrogen and oxygen atoms in total. The van der Waals surface area contributed by atoms with Crippen molar-refractivity contribution >= 4 is 40.6 Å². The van der Waals surface area contributed by atoms with Crippen LogP contribution in [0.2, 0.25) is 5.02 Å². The van der Waals surface area contributed by atoms with Crippen molar-refractivity contribution in [3.8, 4) is 0 Å². The predicted molar refractivity (Wildman–Crippen MR) is 85.7 cm³/mol. The minimum Gasteiger partial charge on any atom is -0.366 e. The maximum Gasteiger partial charge on any atom is 0.323 e. The van der Waals surface area contributed by atoms with Gasteiger partial charge in [-0.15, -0.1) is 0 Å². The quantitative estimate of drug-likeness (QED) is 0.586. The summed E-state index contributed by atoms with van der Waals surface area (Å²) >= 11 is 5.88. The minimum absolute atomic E-state index is 0.0116. The number of halogens is 1. The Morgan fingerprint density at radius 3 is 2.35 bits per heavy atom. The molecule has 23 heavy (non-hydrogen) atoms. The Morgan fingerprint density at radius 2 is 1.74 bits per heavy atom. The van der Waals surface area contributed by atoms with Gasteiger partial charge in [0.05, 0.1) is 26.9 Å². The number of hydrogen-bond acceptors (Lipinski definition) is 4.